The van der Waals surface area contributed by atoms with Crippen molar-refractivity contribution in [1.29, 1.82) is 0 Å². The van der Waals surface area contributed by atoms with Gasteiger partial charge >= 0.3 is 5.97 Å². The van der Waals surface area contributed by atoms with Crippen molar-refractivity contribution < 1.29 is 14.3 Å². The summed E-state index contributed by atoms with van der Waals surface area (Å²) in [5.74, 6) is 1.03. The van der Waals surface area contributed by atoms with E-state index in [1.165, 1.54) is 12.5 Å². The van der Waals surface area contributed by atoms with Crippen LogP contribution in [0, 0.1) is 11.3 Å². The first kappa shape index (κ1) is 17.9. The molecule has 2 aliphatic carbocycles. The minimum atomic E-state index is -0.510. The third kappa shape index (κ3) is 2.65. The van der Waals surface area contributed by atoms with Crippen LogP contribution in [0.5, 0.6) is 5.75 Å². The number of carbonyl (C=O) groups is 2. The van der Waals surface area contributed by atoms with Crippen molar-refractivity contribution in [1.82, 2.24) is 0 Å². The minimum absolute atomic E-state index is 0.00704. The average Bonchev–Trinajstić information content (AvgIpc) is 2.50. The second-order valence-corrected chi connectivity index (χ2v) is 8.56. The lowest BCUT2D eigenvalue weighted by atomic mass is 9.51. The largest absolute Gasteiger partial charge is 0.426 e. The first-order chi connectivity index (χ1) is 11.6. The molecule has 2 aliphatic rings. The SMILES string of the molecule is CC(=O)Oc1ccc2c(c1C(C)C)CC[C@H]1C(C)(C)C=CC(=O)[C@]21C. The molecule has 1 aromatic rings. The summed E-state index contributed by atoms with van der Waals surface area (Å²) >= 11 is 0. The van der Waals surface area contributed by atoms with Gasteiger partial charge in [0, 0.05) is 12.5 Å². The molecule has 0 amide bonds. The Hall–Kier alpha value is -1.90. The van der Waals surface area contributed by atoms with Crippen molar-refractivity contribution in [3.63, 3.8) is 0 Å². The van der Waals surface area contributed by atoms with E-state index in [9.17, 15) is 9.59 Å². The molecule has 0 N–H and O–H groups in total. The van der Waals surface area contributed by atoms with Gasteiger partial charge in [-0.05, 0) is 60.3 Å². The lowest BCUT2D eigenvalue weighted by molar-refractivity contribution is -0.132. The summed E-state index contributed by atoms with van der Waals surface area (Å²) in [6.07, 6.45) is 5.72. The zero-order valence-corrected chi connectivity index (χ0v) is 16.1. The van der Waals surface area contributed by atoms with Gasteiger partial charge in [-0.3, -0.25) is 9.59 Å². The number of hydrogen-bond donors (Lipinski definition) is 0. The Kier molecular flexibility index (Phi) is 4.17. The molecule has 0 aromatic heterocycles. The van der Waals surface area contributed by atoms with E-state index in [0.29, 0.717) is 5.75 Å². The number of carbonyl (C=O) groups excluding carboxylic acids is 2. The van der Waals surface area contributed by atoms with Gasteiger partial charge in [-0.15, -0.1) is 0 Å². The van der Waals surface area contributed by atoms with E-state index in [1.54, 1.807) is 6.08 Å². The van der Waals surface area contributed by atoms with Crippen LogP contribution in [-0.4, -0.2) is 11.8 Å². The highest BCUT2D eigenvalue weighted by Gasteiger charge is 2.53. The Morgan fingerprint density at radius 3 is 2.52 bits per heavy atom. The second kappa shape index (κ2) is 5.82. The number of esters is 1. The molecular formula is C22H28O3. The third-order valence-electron chi connectivity index (χ3n) is 6.16. The highest BCUT2D eigenvalue weighted by molar-refractivity contribution is 6.01. The molecule has 0 spiro atoms. The van der Waals surface area contributed by atoms with Gasteiger partial charge in [0.15, 0.2) is 5.78 Å². The molecule has 0 aliphatic heterocycles. The maximum Gasteiger partial charge on any atom is 0.308 e. The lowest BCUT2D eigenvalue weighted by Crippen LogP contribution is -2.51. The summed E-state index contributed by atoms with van der Waals surface area (Å²) in [7, 11) is 0. The Morgan fingerprint density at radius 2 is 1.92 bits per heavy atom. The second-order valence-electron chi connectivity index (χ2n) is 8.56. The van der Waals surface area contributed by atoms with Crippen LogP contribution in [-0.2, 0) is 21.4 Å². The quantitative estimate of drug-likeness (QED) is 0.578. The predicted molar refractivity (Wildman–Crippen MR) is 98.9 cm³/mol. The molecule has 0 saturated carbocycles. The van der Waals surface area contributed by atoms with Gasteiger partial charge in [-0.1, -0.05) is 39.8 Å². The molecule has 2 atom stereocenters. The summed E-state index contributed by atoms with van der Waals surface area (Å²) in [6.45, 7) is 12.2. The Balaban J connectivity index is 2.24. The maximum atomic E-state index is 13.0. The summed E-state index contributed by atoms with van der Waals surface area (Å²) in [5.41, 5.74) is 2.88. The third-order valence-corrected chi connectivity index (χ3v) is 6.16. The molecule has 0 saturated heterocycles. The number of rotatable bonds is 2. The fourth-order valence-electron chi connectivity index (χ4n) is 5.04. The monoisotopic (exact) mass is 340 g/mol. The van der Waals surface area contributed by atoms with Gasteiger partial charge in [-0.2, -0.15) is 0 Å². The summed E-state index contributed by atoms with van der Waals surface area (Å²) in [5, 5.41) is 0. The molecule has 3 heteroatoms. The minimum Gasteiger partial charge on any atom is -0.426 e. The molecule has 0 unspecified atom stereocenters. The topological polar surface area (TPSA) is 43.4 Å². The first-order valence-electron chi connectivity index (χ1n) is 9.17. The fraction of sp³-hybridized carbons (Fsp3) is 0.545. The van der Waals surface area contributed by atoms with E-state index < -0.39 is 5.41 Å². The van der Waals surface area contributed by atoms with Gasteiger partial charge in [0.2, 0.25) is 0 Å². The summed E-state index contributed by atoms with van der Waals surface area (Å²) < 4.78 is 5.47. The van der Waals surface area contributed by atoms with Crippen LogP contribution in [0.15, 0.2) is 24.3 Å². The fourth-order valence-corrected chi connectivity index (χ4v) is 5.04. The van der Waals surface area contributed by atoms with E-state index in [4.69, 9.17) is 4.74 Å². The van der Waals surface area contributed by atoms with Crippen LogP contribution in [0.25, 0.3) is 0 Å². The number of ketones is 1. The van der Waals surface area contributed by atoms with Crippen molar-refractivity contribution in [2.75, 3.05) is 0 Å². The number of benzene rings is 1. The summed E-state index contributed by atoms with van der Waals surface area (Å²) in [6, 6.07) is 3.89. The van der Waals surface area contributed by atoms with Gasteiger partial charge in [-0.25, -0.2) is 0 Å². The predicted octanol–water partition coefficient (Wildman–Crippen LogP) is 4.72. The summed E-state index contributed by atoms with van der Waals surface area (Å²) in [4.78, 5) is 24.5. The highest BCUT2D eigenvalue weighted by atomic mass is 16.5. The Morgan fingerprint density at radius 1 is 1.24 bits per heavy atom. The van der Waals surface area contributed by atoms with E-state index in [1.807, 2.05) is 12.1 Å². The zero-order chi connectivity index (χ0) is 18.6. The van der Waals surface area contributed by atoms with Crippen LogP contribution in [0.1, 0.15) is 70.6 Å². The van der Waals surface area contributed by atoms with Crippen LogP contribution < -0.4 is 4.74 Å². The van der Waals surface area contributed by atoms with E-state index >= 15 is 0 Å². The van der Waals surface area contributed by atoms with Gasteiger partial charge < -0.3 is 4.74 Å². The standard InChI is InChI=1S/C22H28O3/c1-13(2)20-15-7-10-18-21(4,5)12-11-19(24)22(18,6)16(15)8-9-17(20)25-14(3)23/h8-9,11-13,18H,7,10H2,1-6H3/t18-,22+/m0/s1. The van der Waals surface area contributed by atoms with E-state index in [0.717, 1.165) is 24.0 Å². The van der Waals surface area contributed by atoms with Crippen LogP contribution in [0.3, 0.4) is 0 Å². The molecule has 0 bridgehead atoms. The van der Waals surface area contributed by atoms with E-state index in [2.05, 4.69) is 40.7 Å². The molecule has 3 nitrogen and oxygen atoms in total. The average molecular weight is 340 g/mol. The number of ether oxygens (including phenoxy) is 1. The molecule has 25 heavy (non-hydrogen) atoms. The van der Waals surface area contributed by atoms with Crippen LogP contribution >= 0.6 is 0 Å². The molecule has 0 heterocycles. The number of allylic oxidation sites excluding steroid dienone is 2. The molecule has 134 valence electrons. The van der Waals surface area contributed by atoms with Gasteiger partial charge in [0.1, 0.15) is 5.75 Å². The molecule has 3 rings (SSSR count). The van der Waals surface area contributed by atoms with Crippen LogP contribution in [0.2, 0.25) is 0 Å². The Labute approximate surface area is 150 Å². The van der Waals surface area contributed by atoms with E-state index in [-0.39, 0.29) is 29.0 Å². The van der Waals surface area contributed by atoms with Crippen molar-refractivity contribution in [2.24, 2.45) is 11.3 Å². The van der Waals surface area contributed by atoms with Crippen LogP contribution in [0.4, 0.5) is 0 Å². The molecule has 0 fully saturated rings. The van der Waals surface area contributed by atoms with Crippen molar-refractivity contribution >= 4 is 11.8 Å². The number of fused-ring (bicyclic) bond motifs is 3. The molecular weight excluding hydrogens is 312 g/mol. The molecule has 1 aromatic carbocycles. The first-order valence-corrected chi connectivity index (χ1v) is 9.17. The van der Waals surface area contributed by atoms with Crippen molar-refractivity contribution in [3.8, 4) is 5.75 Å². The Bertz CT molecular complexity index is 770. The lowest BCUT2D eigenvalue weighted by Gasteiger charge is -2.51. The van der Waals surface area contributed by atoms with Crippen molar-refractivity contribution in [2.45, 2.75) is 65.7 Å². The van der Waals surface area contributed by atoms with Gasteiger partial charge in [0.25, 0.3) is 0 Å². The molecule has 0 radical (unpaired) electrons. The van der Waals surface area contributed by atoms with Gasteiger partial charge in [0.05, 0.1) is 5.41 Å². The van der Waals surface area contributed by atoms with Crippen molar-refractivity contribution in [3.05, 3.63) is 41.0 Å². The smallest absolute Gasteiger partial charge is 0.308 e. The normalized spacial score (nSPS) is 27.0. The zero-order valence-electron chi connectivity index (χ0n) is 16.1. The number of hydrogen-bond acceptors (Lipinski definition) is 3. The highest BCUT2D eigenvalue weighted by Crippen LogP contribution is 2.54. The maximum absolute atomic E-state index is 13.0.